The molecule has 1 aromatic heterocycles. The summed E-state index contributed by atoms with van der Waals surface area (Å²) in [7, 11) is 4.35. The molecule has 1 aliphatic rings. The molecule has 0 radical (unpaired) electrons. The van der Waals surface area contributed by atoms with Crippen molar-refractivity contribution >= 4 is 33.4 Å². The van der Waals surface area contributed by atoms with Crippen LogP contribution in [0.5, 0.6) is 0 Å². The predicted molar refractivity (Wildman–Crippen MR) is 127 cm³/mol. The molecule has 1 aliphatic carbocycles. The van der Waals surface area contributed by atoms with E-state index in [2.05, 4.69) is 28.9 Å². The molecule has 5 nitrogen and oxygen atoms in total. The molecule has 0 saturated heterocycles. The molecular weight excluding hydrogens is 386 g/mol. The third kappa shape index (κ3) is 4.43. The fraction of sp³-hybridized carbons (Fsp3) is 0.462. The Morgan fingerprint density at radius 1 is 0.903 bits per heavy atom. The number of aromatic nitrogens is 1. The van der Waals surface area contributed by atoms with Crippen LogP contribution in [0.1, 0.15) is 60.2 Å². The first-order chi connectivity index (χ1) is 14.8. The summed E-state index contributed by atoms with van der Waals surface area (Å²) in [5, 5.41) is 5.84. The van der Waals surface area contributed by atoms with Crippen molar-refractivity contribution < 1.29 is 9.59 Å². The number of hydrogen-bond donors (Lipinski definition) is 1. The average Bonchev–Trinajstić information content (AvgIpc) is 3.06. The van der Waals surface area contributed by atoms with Gasteiger partial charge in [-0.15, -0.1) is 0 Å². The molecule has 3 aromatic rings. The maximum atomic E-state index is 11.9. The average molecular weight is 420 g/mol. The first-order valence-corrected chi connectivity index (χ1v) is 11.3. The standard InChI is InChI=1S/C26H33N3O2/c1-17(30)19-5-11-25-23(15-19)24-16-20(18(2)31)6-12-26(24)29(25)14-13-27-21-7-9-22(10-8-21)28(3)4/h5-6,11-12,15-16,21-22,27H,7-10,13-14H2,1-4H3. The molecular formula is C26H33N3O2. The van der Waals surface area contributed by atoms with Gasteiger partial charge >= 0.3 is 0 Å². The maximum absolute atomic E-state index is 11.9. The number of hydrogen-bond acceptors (Lipinski definition) is 4. The number of carbonyl (C=O) groups is 2. The van der Waals surface area contributed by atoms with Gasteiger partial charge in [0, 0.05) is 58.1 Å². The molecule has 0 unspecified atom stereocenters. The number of ketones is 2. The van der Waals surface area contributed by atoms with E-state index >= 15 is 0 Å². The molecule has 0 spiro atoms. The summed E-state index contributed by atoms with van der Waals surface area (Å²) in [5.41, 5.74) is 3.63. The highest BCUT2D eigenvalue weighted by Crippen LogP contribution is 2.31. The molecule has 0 bridgehead atoms. The molecule has 31 heavy (non-hydrogen) atoms. The fourth-order valence-electron chi connectivity index (χ4n) is 4.96. The van der Waals surface area contributed by atoms with Crippen molar-refractivity contribution in [1.29, 1.82) is 0 Å². The van der Waals surface area contributed by atoms with Gasteiger partial charge in [-0.1, -0.05) is 0 Å². The van der Waals surface area contributed by atoms with Crippen LogP contribution < -0.4 is 5.32 Å². The number of nitrogens with one attached hydrogen (secondary N) is 1. The number of benzene rings is 2. The summed E-state index contributed by atoms with van der Waals surface area (Å²) < 4.78 is 2.32. The highest BCUT2D eigenvalue weighted by Gasteiger charge is 2.22. The van der Waals surface area contributed by atoms with Crippen molar-refractivity contribution in [2.45, 2.75) is 58.2 Å². The Labute approximate surface area is 184 Å². The highest BCUT2D eigenvalue weighted by atomic mass is 16.1. The van der Waals surface area contributed by atoms with E-state index in [1.165, 1.54) is 25.7 Å². The second kappa shape index (κ2) is 8.93. The normalized spacial score (nSPS) is 19.4. The molecule has 1 fully saturated rings. The number of Topliss-reactive ketones (excluding diaryl/α,β-unsaturated/α-hetero) is 2. The Morgan fingerprint density at radius 3 is 1.87 bits per heavy atom. The Balaban J connectivity index is 1.59. The summed E-state index contributed by atoms with van der Waals surface area (Å²) in [5.74, 6) is 0.112. The first kappa shape index (κ1) is 21.7. The predicted octanol–water partition coefficient (Wildman–Crippen LogP) is 4.66. The topological polar surface area (TPSA) is 54.3 Å². The summed E-state index contributed by atoms with van der Waals surface area (Å²) in [6.45, 7) is 4.94. The summed E-state index contributed by atoms with van der Waals surface area (Å²) in [6.07, 6.45) is 4.95. The van der Waals surface area contributed by atoms with Crippen LogP contribution in [-0.2, 0) is 6.54 Å². The molecule has 5 heteroatoms. The van der Waals surface area contributed by atoms with Crippen LogP contribution in [0.2, 0.25) is 0 Å². The zero-order valence-electron chi connectivity index (χ0n) is 19.1. The van der Waals surface area contributed by atoms with Crippen LogP contribution in [-0.4, -0.2) is 53.8 Å². The van der Waals surface area contributed by atoms with E-state index in [1.807, 2.05) is 36.4 Å². The number of fused-ring (bicyclic) bond motifs is 3. The molecule has 1 heterocycles. The number of nitrogens with zero attached hydrogens (tertiary/aromatic N) is 2. The largest absolute Gasteiger partial charge is 0.339 e. The van der Waals surface area contributed by atoms with Crippen molar-refractivity contribution in [2.75, 3.05) is 20.6 Å². The van der Waals surface area contributed by atoms with Gasteiger partial charge in [0.25, 0.3) is 0 Å². The Hall–Kier alpha value is -2.50. The minimum absolute atomic E-state index is 0.0560. The van der Waals surface area contributed by atoms with Crippen LogP contribution in [0.25, 0.3) is 21.8 Å². The van der Waals surface area contributed by atoms with Crippen LogP contribution in [0.3, 0.4) is 0 Å². The van der Waals surface area contributed by atoms with Gasteiger partial charge in [0.1, 0.15) is 0 Å². The van der Waals surface area contributed by atoms with Crippen LogP contribution in [0.15, 0.2) is 36.4 Å². The number of rotatable bonds is 7. The van der Waals surface area contributed by atoms with Gasteiger partial charge in [0.15, 0.2) is 11.6 Å². The van der Waals surface area contributed by atoms with Crippen molar-refractivity contribution in [2.24, 2.45) is 0 Å². The third-order valence-electron chi connectivity index (χ3n) is 6.87. The van der Waals surface area contributed by atoms with Gasteiger partial charge in [-0.05, 0) is 90.0 Å². The Bertz CT molecular complexity index is 1050. The summed E-state index contributed by atoms with van der Waals surface area (Å²) in [6, 6.07) is 13.1. The zero-order valence-corrected chi connectivity index (χ0v) is 19.1. The van der Waals surface area contributed by atoms with Gasteiger partial charge in [-0.2, -0.15) is 0 Å². The van der Waals surface area contributed by atoms with Gasteiger partial charge in [-0.3, -0.25) is 9.59 Å². The van der Waals surface area contributed by atoms with Crippen LogP contribution in [0, 0.1) is 0 Å². The molecule has 164 valence electrons. The van der Waals surface area contributed by atoms with E-state index in [1.54, 1.807) is 13.8 Å². The Morgan fingerprint density at radius 2 is 1.42 bits per heavy atom. The van der Waals surface area contributed by atoms with Gasteiger partial charge < -0.3 is 14.8 Å². The van der Waals surface area contributed by atoms with E-state index < -0.39 is 0 Å². The van der Waals surface area contributed by atoms with Gasteiger partial charge in [0.2, 0.25) is 0 Å². The molecule has 1 saturated carbocycles. The highest BCUT2D eigenvalue weighted by molar-refractivity contribution is 6.12. The van der Waals surface area contributed by atoms with Crippen molar-refractivity contribution in [3.05, 3.63) is 47.5 Å². The van der Waals surface area contributed by atoms with Crippen LogP contribution >= 0.6 is 0 Å². The zero-order chi connectivity index (χ0) is 22.1. The second-order valence-corrected chi connectivity index (χ2v) is 9.15. The molecule has 4 rings (SSSR count). The SMILES string of the molecule is CC(=O)c1ccc2c(c1)c1cc(C(C)=O)ccc1n2CCNC1CCC(N(C)C)CC1. The Kier molecular flexibility index (Phi) is 6.26. The third-order valence-corrected chi connectivity index (χ3v) is 6.87. The summed E-state index contributed by atoms with van der Waals surface area (Å²) >= 11 is 0. The van der Waals surface area contributed by atoms with E-state index in [9.17, 15) is 9.59 Å². The fourth-order valence-corrected chi connectivity index (χ4v) is 4.96. The minimum Gasteiger partial charge on any atom is -0.339 e. The molecule has 0 atom stereocenters. The van der Waals surface area contributed by atoms with Crippen molar-refractivity contribution in [3.8, 4) is 0 Å². The van der Waals surface area contributed by atoms with Crippen molar-refractivity contribution in [1.82, 2.24) is 14.8 Å². The minimum atomic E-state index is 0.0560. The lowest BCUT2D eigenvalue weighted by Crippen LogP contribution is -2.40. The molecule has 0 amide bonds. The lowest BCUT2D eigenvalue weighted by Gasteiger charge is -2.33. The molecule has 0 aliphatic heterocycles. The van der Waals surface area contributed by atoms with E-state index in [0.717, 1.165) is 34.9 Å². The first-order valence-electron chi connectivity index (χ1n) is 11.3. The molecule has 2 aromatic carbocycles. The quantitative estimate of drug-likeness (QED) is 0.566. The monoisotopic (exact) mass is 419 g/mol. The summed E-state index contributed by atoms with van der Waals surface area (Å²) in [4.78, 5) is 26.2. The van der Waals surface area contributed by atoms with Crippen molar-refractivity contribution in [3.63, 3.8) is 0 Å². The maximum Gasteiger partial charge on any atom is 0.159 e. The lowest BCUT2D eigenvalue weighted by atomic mass is 9.90. The van der Waals surface area contributed by atoms with Gasteiger partial charge in [-0.25, -0.2) is 0 Å². The van der Waals surface area contributed by atoms with Crippen LogP contribution in [0.4, 0.5) is 0 Å². The molecule has 1 N–H and O–H groups in total. The smallest absolute Gasteiger partial charge is 0.159 e. The van der Waals surface area contributed by atoms with E-state index in [0.29, 0.717) is 23.2 Å². The van der Waals surface area contributed by atoms with Gasteiger partial charge in [0.05, 0.1) is 0 Å². The number of carbonyl (C=O) groups excluding carboxylic acids is 2. The van der Waals surface area contributed by atoms with E-state index in [-0.39, 0.29) is 11.6 Å². The second-order valence-electron chi connectivity index (χ2n) is 9.15. The lowest BCUT2D eigenvalue weighted by molar-refractivity contribution is 0.100. The van der Waals surface area contributed by atoms with E-state index in [4.69, 9.17) is 0 Å².